The predicted octanol–water partition coefficient (Wildman–Crippen LogP) is 4.24. The van der Waals surface area contributed by atoms with E-state index in [-0.39, 0.29) is 0 Å². The van der Waals surface area contributed by atoms with E-state index >= 15 is 0 Å². The molecule has 0 aliphatic carbocycles. The summed E-state index contributed by atoms with van der Waals surface area (Å²) in [5.41, 5.74) is 6.11. The number of pyridine rings is 1. The third kappa shape index (κ3) is 2.71. The highest BCUT2D eigenvalue weighted by atomic mass is 31.0. The summed E-state index contributed by atoms with van der Waals surface area (Å²) >= 11 is 0. The Hall–Kier alpha value is -1.92. The van der Waals surface area contributed by atoms with E-state index in [1.165, 1.54) is 27.4 Å². The molecule has 0 aliphatic rings. The minimum atomic E-state index is 0.315. The minimum absolute atomic E-state index is 0.315. The maximum atomic E-state index is 4.60. The van der Waals surface area contributed by atoms with E-state index in [1.54, 1.807) is 0 Å². The van der Waals surface area contributed by atoms with E-state index in [2.05, 4.69) is 69.8 Å². The summed E-state index contributed by atoms with van der Waals surface area (Å²) < 4.78 is 0. The van der Waals surface area contributed by atoms with Gasteiger partial charge in [0.05, 0.1) is 5.52 Å². The average molecular weight is 308 g/mol. The smallest absolute Gasteiger partial charge is 0.0702 e. The highest BCUT2D eigenvalue weighted by Crippen LogP contribution is 2.29. The molecule has 2 unspecified atom stereocenters. The van der Waals surface area contributed by atoms with E-state index in [1.807, 2.05) is 19.3 Å². The molecule has 0 spiro atoms. The van der Waals surface area contributed by atoms with Crippen LogP contribution >= 0.6 is 9.24 Å². The van der Waals surface area contributed by atoms with Crippen molar-refractivity contribution in [3.8, 4) is 0 Å². The molecule has 0 aliphatic heterocycles. The molecule has 0 amide bonds. The molecule has 3 rings (SSSR count). The second-order valence-electron chi connectivity index (χ2n) is 5.73. The summed E-state index contributed by atoms with van der Waals surface area (Å²) in [6.45, 7) is 4.43. The molecule has 3 heteroatoms. The molecule has 22 heavy (non-hydrogen) atoms. The lowest BCUT2D eigenvalue weighted by molar-refractivity contribution is 0.913. The van der Waals surface area contributed by atoms with Gasteiger partial charge in [-0.15, -0.1) is 9.24 Å². The van der Waals surface area contributed by atoms with Crippen LogP contribution in [0.5, 0.6) is 0 Å². The van der Waals surface area contributed by atoms with Gasteiger partial charge in [-0.2, -0.15) is 0 Å². The zero-order chi connectivity index (χ0) is 15.7. The first-order valence-electron chi connectivity index (χ1n) is 7.52. The van der Waals surface area contributed by atoms with Gasteiger partial charge in [-0.3, -0.25) is 4.98 Å². The predicted molar refractivity (Wildman–Crippen MR) is 99.3 cm³/mol. The summed E-state index contributed by atoms with van der Waals surface area (Å²) in [7, 11) is 4.83. The minimum Gasteiger partial charge on any atom is -0.388 e. The summed E-state index contributed by atoms with van der Waals surface area (Å²) in [6, 6.07) is 14.9. The number of para-hydroxylation sites is 1. The number of fused-ring (bicyclic) bond motifs is 1. The average Bonchev–Trinajstić information content (AvgIpc) is 2.53. The van der Waals surface area contributed by atoms with Gasteiger partial charge < -0.3 is 5.32 Å². The Kier molecular flexibility index (Phi) is 4.13. The fraction of sp³-hybridized carbons (Fsp3) is 0.211. The van der Waals surface area contributed by atoms with E-state index < -0.39 is 0 Å². The normalized spacial score (nSPS) is 12.4. The lowest BCUT2D eigenvalue weighted by Gasteiger charge is -2.19. The summed E-state index contributed by atoms with van der Waals surface area (Å²) in [5.74, 6) is 0.315. The van der Waals surface area contributed by atoms with Crippen LogP contribution in [-0.4, -0.2) is 12.0 Å². The van der Waals surface area contributed by atoms with Crippen molar-refractivity contribution >= 4 is 31.1 Å². The molecule has 112 valence electrons. The zero-order valence-electron chi connectivity index (χ0n) is 13.2. The number of aromatic nitrogens is 1. The maximum absolute atomic E-state index is 4.60. The summed E-state index contributed by atoms with van der Waals surface area (Å²) in [5, 5.41) is 5.65. The molecule has 2 atom stereocenters. The van der Waals surface area contributed by atoms with Crippen LogP contribution in [0, 0.1) is 6.92 Å². The van der Waals surface area contributed by atoms with Crippen molar-refractivity contribution in [1.29, 1.82) is 0 Å². The standard InChI is InChI=1S/C19H21N2P/c1-12-8-16(20-3)10-18(22)19(12)13(2)15-9-14-6-4-5-7-17(14)21-11-15/h4-11,13,20H,22H2,1-3H3. The van der Waals surface area contributed by atoms with Crippen LogP contribution in [0.25, 0.3) is 10.9 Å². The van der Waals surface area contributed by atoms with Crippen molar-refractivity contribution in [1.82, 2.24) is 4.98 Å². The quantitative estimate of drug-likeness (QED) is 0.732. The second-order valence-corrected chi connectivity index (χ2v) is 6.35. The van der Waals surface area contributed by atoms with Crippen LogP contribution in [0.3, 0.4) is 0 Å². The van der Waals surface area contributed by atoms with Crippen LogP contribution in [0.4, 0.5) is 5.69 Å². The molecule has 2 nitrogen and oxygen atoms in total. The molecule has 0 radical (unpaired) electrons. The van der Waals surface area contributed by atoms with Crippen LogP contribution in [-0.2, 0) is 0 Å². The van der Waals surface area contributed by atoms with Gasteiger partial charge in [0.2, 0.25) is 0 Å². The number of aryl methyl sites for hydroxylation is 1. The Bertz CT molecular complexity index is 804. The largest absolute Gasteiger partial charge is 0.388 e. The van der Waals surface area contributed by atoms with Crippen LogP contribution in [0.1, 0.15) is 29.5 Å². The number of rotatable bonds is 3. The van der Waals surface area contributed by atoms with Crippen LogP contribution in [0.2, 0.25) is 0 Å². The Labute approximate surface area is 134 Å². The van der Waals surface area contributed by atoms with E-state index in [0.717, 1.165) is 11.2 Å². The Balaban J connectivity index is 2.07. The Morgan fingerprint density at radius 1 is 1.14 bits per heavy atom. The molecular formula is C19H21N2P. The molecule has 1 aromatic heterocycles. The number of benzene rings is 2. The number of nitrogens with zero attached hydrogens (tertiary/aromatic N) is 1. The molecular weight excluding hydrogens is 287 g/mol. The van der Waals surface area contributed by atoms with Gasteiger partial charge in [0.25, 0.3) is 0 Å². The van der Waals surface area contributed by atoms with Gasteiger partial charge >= 0.3 is 0 Å². The Morgan fingerprint density at radius 3 is 2.64 bits per heavy atom. The molecule has 2 aromatic carbocycles. The number of hydrogen-bond acceptors (Lipinski definition) is 2. The molecule has 1 heterocycles. The monoisotopic (exact) mass is 308 g/mol. The Morgan fingerprint density at radius 2 is 1.91 bits per heavy atom. The van der Waals surface area contributed by atoms with Crippen molar-refractivity contribution in [3.05, 3.63) is 65.4 Å². The van der Waals surface area contributed by atoms with Gasteiger partial charge in [0.15, 0.2) is 0 Å². The van der Waals surface area contributed by atoms with Crippen molar-refractivity contribution in [3.63, 3.8) is 0 Å². The number of hydrogen-bond donors (Lipinski definition) is 1. The van der Waals surface area contributed by atoms with Crippen molar-refractivity contribution in [2.24, 2.45) is 0 Å². The topological polar surface area (TPSA) is 24.9 Å². The van der Waals surface area contributed by atoms with E-state index in [9.17, 15) is 0 Å². The van der Waals surface area contributed by atoms with E-state index in [0.29, 0.717) is 5.92 Å². The third-order valence-electron chi connectivity index (χ3n) is 4.25. The lowest BCUT2D eigenvalue weighted by Crippen LogP contribution is -2.11. The highest BCUT2D eigenvalue weighted by molar-refractivity contribution is 7.27. The first-order chi connectivity index (χ1) is 10.6. The zero-order valence-corrected chi connectivity index (χ0v) is 14.4. The van der Waals surface area contributed by atoms with Crippen molar-refractivity contribution in [2.45, 2.75) is 19.8 Å². The molecule has 1 N–H and O–H groups in total. The molecule has 3 aromatic rings. The van der Waals surface area contributed by atoms with Gasteiger partial charge in [-0.05, 0) is 53.2 Å². The van der Waals surface area contributed by atoms with Crippen LogP contribution in [0.15, 0.2) is 48.7 Å². The second kappa shape index (κ2) is 6.06. The summed E-state index contributed by atoms with van der Waals surface area (Å²) in [6.07, 6.45) is 2.00. The lowest BCUT2D eigenvalue weighted by atomic mass is 9.90. The van der Waals surface area contributed by atoms with Gasteiger partial charge in [-0.25, -0.2) is 0 Å². The highest BCUT2D eigenvalue weighted by Gasteiger charge is 2.15. The fourth-order valence-electron chi connectivity index (χ4n) is 3.05. The first-order valence-corrected chi connectivity index (χ1v) is 8.10. The summed E-state index contributed by atoms with van der Waals surface area (Å²) in [4.78, 5) is 4.60. The molecule has 0 bridgehead atoms. The van der Waals surface area contributed by atoms with Gasteiger partial charge in [-0.1, -0.05) is 25.1 Å². The van der Waals surface area contributed by atoms with Crippen molar-refractivity contribution < 1.29 is 0 Å². The third-order valence-corrected chi connectivity index (χ3v) is 4.73. The van der Waals surface area contributed by atoms with E-state index in [4.69, 9.17) is 0 Å². The SMILES string of the molecule is CNc1cc(C)c(C(C)c2cnc3ccccc3c2)c(P)c1. The first kappa shape index (κ1) is 15.0. The van der Waals surface area contributed by atoms with Crippen LogP contribution < -0.4 is 10.6 Å². The molecule has 0 saturated heterocycles. The maximum Gasteiger partial charge on any atom is 0.0702 e. The number of nitrogens with one attached hydrogen (secondary N) is 1. The fourth-order valence-corrected chi connectivity index (χ4v) is 3.71. The molecule has 0 saturated carbocycles. The van der Waals surface area contributed by atoms with Gasteiger partial charge in [0.1, 0.15) is 0 Å². The van der Waals surface area contributed by atoms with Gasteiger partial charge in [0, 0.05) is 30.2 Å². The molecule has 0 fully saturated rings. The number of anilines is 1. The van der Waals surface area contributed by atoms with Crippen molar-refractivity contribution in [2.75, 3.05) is 12.4 Å².